The molecule has 15 rings (SSSR count). The Morgan fingerprint density at radius 3 is 1.51 bits per heavy atom. The van der Waals surface area contributed by atoms with Crippen molar-refractivity contribution in [3.05, 3.63) is 312 Å². The zero-order chi connectivity index (χ0) is 49.5. The first-order valence-corrected chi connectivity index (χ1v) is 25.8. The van der Waals surface area contributed by atoms with Crippen LogP contribution in [-0.2, 0) is 5.41 Å². The minimum absolute atomic E-state index is 0.180. The molecule has 1 unspecified atom stereocenters. The molecule has 0 saturated heterocycles. The highest BCUT2D eigenvalue weighted by molar-refractivity contribution is 6.00. The van der Waals surface area contributed by atoms with E-state index in [0.29, 0.717) is 5.82 Å². The molecule has 2 aliphatic carbocycles. The fraction of sp³-hybridized carbons (Fsp3) is 0.0278. The average Bonchev–Trinajstić information content (AvgIpc) is 4.17. The maximum absolute atomic E-state index is 6.81. The first-order valence-electron chi connectivity index (χ1n) is 25.8. The number of fused-ring (bicyclic) bond motifs is 12. The van der Waals surface area contributed by atoms with E-state index in [1.807, 2.05) is 6.07 Å². The van der Waals surface area contributed by atoms with E-state index in [1.165, 1.54) is 72.3 Å². The molecule has 3 nitrogen and oxygen atoms in total. The Kier molecular flexibility index (Phi) is 9.86. The van der Waals surface area contributed by atoms with E-state index in [0.717, 1.165) is 61.8 Å². The largest absolute Gasteiger partial charge is 0.457 e. The molecule has 0 radical (unpaired) electrons. The molecule has 1 aromatic heterocycles. The van der Waals surface area contributed by atoms with E-state index in [2.05, 4.69) is 267 Å². The number of rotatable bonds is 7. The van der Waals surface area contributed by atoms with Gasteiger partial charge >= 0.3 is 0 Å². The van der Waals surface area contributed by atoms with E-state index >= 15 is 0 Å². The van der Waals surface area contributed by atoms with Crippen molar-refractivity contribution >= 4 is 0 Å². The van der Waals surface area contributed by atoms with E-state index in [1.54, 1.807) is 0 Å². The topological polar surface area (TPSA) is 35.0 Å². The summed E-state index contributed by atoms with van der Waals surface area (Å²) in [5, 5.41) is 0. The minimum Gasteiger partial charge on any atom is -0.457 e. The Morgan fingerprint density at radius 2 is 0.800 bits per heavy atom. The van der Waals surface area contributed by atoms with Crippen LogP contribution in [0.25, 0.3) is 89.5 Å². The SMILES string of the molecule is c1ccc(-c2cc(-c3ccccc3)c3c(c2)C2(c4ccccc4Oc4ccccc42)c2cc(-c4ccc(-c5cc(-c6ccc7c(c6)-c6ccccc6C7c6ccccc6)nc(-c6ccccc6)n5)cc4)ccc2-3)cc1. The molecule has 0 amide bonds. The number of para-hydroxylation sites is 2. The molecule has 2 heterocycles. The van der Waals surface area contributed by atoms with Crippen LogP contribution in [0.1, 0.15) is 44.9 Å². The van der Waals surface area contributed by atoms with Crippen molar-refractivity contribution in [1.82, 2.24) is 9.97 Å². The Bertz CT molecular complexity index is 4140. The van der Waals surface area contributed by atoms with Crippen LogP contribution in [-0.4, -0.2) is 9.97 Å². The van der Waals surface area contributed by atoms with Crippen molar-refractivity contribution in [3.8, 4) is 101 Å². The standard InChI is InChI=1S/C72H46N2O/c1-5-19-46(20-6-1)54-42-59(48-21-7-2-8-22-48)70-58-40-37-52(43-63(58)72(64(70)44-54)61-29-15-17-31-67(61)75-68-32-18-16-30-62(68)72)47-33-35-49(36-34-47)65-45-66(74-71(73-65)51-25-11-4-12-26-51)53-38-39-57-60(41-53)55-27-13-14-28-56(55)69(57)50-23-9-3-10-24-50/h1-45,69H. The van der Waals surface area contributed by atoms with Gasteiger partial charge in [-0.15, -0.1) is 0 Å². The molecule has 12 aromatic rings. The van der Waals surface area contributed by atoms with Gasteiger partial charge in [0, 0.05) is 33.7 Å². The summed E-state index contributed by atoms with van der Waals surface area (Å²) >= 11 is 0. The summed E-state index contributed by atoms with van der Waals surface area (Å²) in [7, 11) is 0. The quantitative estimate of drug-likeness (QED) is 0.160. The smallest absolute Gasteiger partial charge is 0.160 e. The van der Waals surface area contributed by atoms with Crippen LogP contribution in [0.4, 0.5) is 0 Å². The summed E-state index contributed by atoms with van der Waals surface area (Å²) in [6.07, 6.45) is 0. The van der Waals surface area contributed by atoms with Gasteiger partial charge in [0.25, 0.3) is 0 Å². The molecule has 0 N–H and O–H groups in total. The van der Waals surface area contributed by atoms with Crippen molar-refractivity contribution in [1.29, 1.82) is 0 Å². The van der Waals surface area contributed by atoms with Crippen LogP contribution in [0.2, 0.25) is 0 Å². The summed E-state index contributed by atoms with van der Waals surface area (Å²) in [4.78, 5) is 10.5. The Balaban J connectivity index is 0.878. The summed E-state index contributed by atoms with van der Waals surface area (Å²) in [6, 6.07) is 98.9. The van der Waals surface area contributed by atoms with Gasteiger partial charge in [-0.3, -0.25) is 0 Å². The minimum atomic E-state index is -0.673. The molecule has 1 aliphatic heterocycles. The van der Waals surface area contributed by atoms with Crippen LogP contribution < -0.4 is 4.74 Å². The van der Waals surface area contributed by atoms with Gasteiger partial charge in [-0.2, -0.15) is 0 Å². The summed E-state index contributed by atoms with van der Waals surface area (Å²) < 4.78 is 6.81. The van der Waals surface area contributed by atoms with Gasteiger partial charge in [-0.25, -0.2) is 9.97 Å². The molecule has 11 aromatic carbocycles. The molecule has 1 spiro atoms. The highest BCUT2D eigenvalue weighted by Gasteiger charge is 2.52. The maximum Gasteiger partial charge on any atom is 0.160 e. The van der Waals surface area contributed by atoms with Gasteiger partial charge in [-0.05, 0) is 126 Å². The molecular weight excluding hydrogens is 909 g/mol. The molecule has 0 saturated carbocycles. The number of ether oxygens (including phenoxy) is 1. The fourth-order valence-corrected chi connectivity index (χ4v) is 12.5. The van der Waals surface area contributed by atoms with Gasteiger partial charge in [0.1, 0.15) is 11.5 Å². The third-order valence-corrected chi connectivity index (χ3v) is 15.9. The molecule has 1 atom stereocenters. The van der Waals surface area contributed by atoms with Gasteiger partial charge in [0.15, 0.2) is 5.82 Å². The van der Waals surface area contributed by atoms with Crippen molar-refractivity contribution < 1.29 is 4.74 Å². The predicted octanol–water partition coefficient (Wildman–Crippen LogP) is 18.1. The lowest BCUT2D eigenvalue weighted by atomic mass is 9.65. The zero-order valence-corrected chi connectivity index (χ0v) is 40.9. The molecular formula is C72H46N2O. The zero-order valence-electron chi connectivity index (χ0n) is 40.9. The van der Waals surface area contributed by atoms with Gasteiger partial charge in [0.05, 0.1) is 16.8 Å². The van der Waals surface area contributed by atoms with Crippen molar-refractivity contribution in [2.75, 3.05) is 0 Å². The molecule has 75 heavy (non-hydrogen) atoms. The third-order valence-electron chi connectivity index (χ3n) is 15.9. The second-order valence-corrected chi connectivity index (χ2v) is 19.9. The van der Waals surface area contributed by atoms with Gasteiger partial charge in [-0.1, -0.05) is 231 Å². The van der Waals surface area contributed by atoms with Crippen LogP contribution >= 0.6 is 0 Å². The van der Waals surface area contributed by atoms with E-state index in [4.69, 9.17) is 14.7 Å². The predicted molar refractivity (Wildman–Crippen MR) is 305 cm³/mol. The number of hydrogen-bond acceptors (Lipinski definition) is 3. The lowest BCUT2D eigenvalue weighted by Crippen LogP contribution is -2.32. The van der Waals surface area contributed by atoms with Crippen LogP contribution in [0.5, 0.6) is 11.5 Å². The Hall–Kier alpha value is -9.70. The van der Waals surface area contributed by atoms with Crippen molar-refractivity contribution in [2.24, 2.45) is 0 Å². The van der Waals surface area contributed by atoms with Crippen LogP contribution in [0, 0.1) is 0 Å². The lowest BCUT2D eigenvalue weighted by Gasteiger charge is -2.39. The number of nitrogens with zero attached hydrogens (tertiary/aromatic N) is 2. The van der Waals surface area contributed by atoms with E-state index in [-0.39, 0.29) is 5.92 Å². The lowest BCUT2D eigenvalue weighted by molar-refractivity contribution is 0.436. The summed E-state index contributed by atoms with van der Waals surface area (Å²) in [5.41, 5.74) is 24.9. The van der Waals surface area contributed by atoms with Crippen molar-refractivity contribution in [3.63, 3.8) is 0 Å². The second-order valence-electron chi connectivity index (χ2n) is 19.9. The molecule has 350 valence electrons. The second kappa shape index (κ2) is 17.2. The number of aromatic nitrogens is 2. The molecule has 3 aliphatic rings. The number of benzene rings is 11. The molecule has 0 bridgehead atoms. The van der Waals surface area contributed by atoms with E-state index < -0.39 is 5.41 Å². The van der Waals surface area contributed by atoms with Crippen LogP contribution in [0.15, 0.2) is 273 Å². The summed E-state index contributed by atoms with van der Waals surface area (Å²) in [6.45, 7) is 0. The fourth-order valence-electron chi connectivity index (χ4n) is 12.5. The first-order chi connectivity index (χ1) is 37.2. The normalized spacial score (nSPS) is 13.9. The van der Waals surface area contributed by atoms with Gasteiger partial charge < -0.3 is 4.74 Å². The maximum atomic E-state index is 6.81. The van der Waals surface area contributed by atoms with E-state index in [9.17, 15) is 0 Å². The summed E-state index contributed by atoms with van der Waals surface area (Å²) in [5.74, 6) is 2.62. The monoisotopic (exact) mass is 954 g/mol. The Labute approximate surface area is 436 Å². The molecule has 3 heteroatoms. The molecule has 0 fully saturated rings. The highest BCUT2D eigenvalue weighted by Crippen LogP contribution is 2.64. The van der Waals surface area contributed by atoms with Gasteiger partial charge in [0.2, 0.25) is 0 Å². The van der Waals surface area contributed by atoms with Crippen LogP contribution in [0.3, 0.4) is 0 Å². The number of hydrogen-bond donors (Lipinski definition) is 0. The third kappa shape index (κ3) is 6.82. The van der Waals surface area contributed by atoms with Crippen molar-refractivity contribution in [2.45, 2.75) is 11.3 Å². The first kappa shape index (κ1) is 42.9. The highest BCUT2D eigenvalue weighted by atomic mass is 16.5. The Morgan fingerprint density at radius 1 is 0.293 bits per heavy atom. The average molecular weight is 955 g/mol.